The zero-order chi connectivity index (χ0) is 17.6. The predicted molar refractivity (Wildman–Crippen MR) is 115 cm³/mol. The van der Waals surface area contributed by atoms with Crippen molar-refractivity contribution in [3.63, 3.8) is 0 Å². The molecule has 0 spiro atoms. The summed E-state index contributed by atoms with van der Waals surface area (Å²) in [6.07, 6.45) is 2.40. The van der Waals surface area contributed by atoms with Crippen LogP contribution in [0, 0.1) is 5.92 Å². The molecule has 1 aromatic carbocycles. The van der Waals surface area contributed by atoms with Crippen LogP contribution in [0.2, 0.25) is 5.02 Å². The third-order valence-electron chi connectivity index (χ3n) is 4.35. The lowest BCUT2D eigenvalue weighted by atomic mass is 10.00. The number of piperidine rings is 1. The van der Waals surface area contributed by atoms with E-state index in [1.165, 1.54) is 12.8 Å². The van der Waals surface area contributed by atoms with E-state index in [1.54, 1.807) is 0 Å². The zero-order valence-electron chi connectivity index (χ0n) is 15.1. The van der Waals surface area contributed by atoms with Crippen molar-refractivity contribution in [1.82, 2.24) is 20.4 Å². The van der Waals surface area contributed by atoms with Crippen LogP contribution in [0.15, 0.2) is 33.8 Å². The van der Waals surface area contributed by atoms with E-state index in [4.69, 9.17) is 16.1 Å². The Morgan fingerprint density at radius 3 is 2.65 bits per heavy atom. The second-order valence-electron chi connectivity index (χ2n) is 6.36. The number of hydrogen-bond acceptors (Lipinski definition) is 4. The third-order valence-corrected chi connectivity index (χ3v) is 4.60. The summed E-state index contributed by atoms with van der Waals surface area (Å²) < 4.78 is 5.33. The molecule has 26 heavy (non-hydrogen) atoms. The Labute approximate surface area is 176 Å². The van der Waals surface area contributed by atoms with Gasteiger partial charge in [-0.15, -0.1) is 24.0 Å². The van der Waals surface area contributed by atoms with Gasteiger partial charge in [-0.3, -0.25) is 0 Å². The third kappa shape index (κ3) is 5.57. The molecule has 3 rings (SSSR count). The summed E-state index contributed by atoms with van der Waals surface area (Å²) in [4.78, 5) is 11.4. The number of halogens is 2. The smallest absolute Gasteiger partial charge is 0.248 e. The zero-order valence-corrected chi connectivity index (χ0v) is 18.2. The Morgan fingerprint density at radius 1 is 1.31 bits per heavy atom. The molecule has 1 fully saturated rings. The van der Waals surface area contributed by atoms with Gasteiger partial charge in [0.05, 0.1) is 0 Å². The van der Waals surface area contributed by atoms with E-state index in [-0.39, 0.29) is 24.0 Å². The number of rotatable bonds is 4. The van der Waals surface area contributed by atoms with Gasteiger partial charge in [0.2, 0.25) is 11.7 Å². The second kappa shape index (κ2) is 10.1. The van der Waals surface area contributed by atoms with Gasteiger partial charge in [-0.05, 0) is 49.9 Å². The van der Waals surface area contributed by atoms with Gasteiger partial charge in [0.15, 0.2) is 5.96 Å². The highest BCUT2D eigenvalue weighted by atomic mass is 127. The maximum absolute atomic E-state index is 5.91. The Kier molecular flexibility index (Phi) is 8.15. The van der Waals surface area contributed by atoms with E-state index in [0.717, 1.165) is 37.1 Å². The summed E-state index contributed by atoms with van der Waals surface area (Å²) in [5.74, 6) is 2.77. The van der Waals surface area contributed by atoms with Crippen LogP contribution in [0.4, 0.5) is 0 Å². The SMILES string of the molecule is CCNC(=NCc1nc(-c2ccc(Cl)cc2)no1)N1CCC(C)CC1.I. The Balaban J connectivity index is 0.00000243. The number of aromatic nitrogens is 2. The van der Waals surface area contributed by atoms with E-state index in [9.17, 15) is 0 Å². The van der Waals surface area contributed by atoms with Gasteiger partial charge in [-0.2, -0.15) is 4.98 Å². The molecule has 0 unspecified atom stereocenters. The first-order valence-electron chi connectivity index (χ1n) is 8.77. The van der Waals surface area contributed by atoms with Crippen molar-refractivity contribution < 1.29 is 4.52 Å². The van der Waals surface area contributed by atoms with Crippen molar-refractivity contribution >= 4 is 41.5 Å². The molecule has 2 heterocycles. The maximum Gasteiger partial charge on any atom is 0.248 e. The molecule has 1 aliphatic heterocycles. The molecule has 0 amide bonds. The summed E-state index contributed by atoms with van der Waals surface area (Å²) in [7, 11) is 0. The van der Waals surface area contributed by atoms with Crippen molar-refractivity contribution in [2.45, 2.75) is 33.2 Å². The average Bonchev–Trinajstić information content (AvgIpc) is 3.09. The standard InChI is InChI=1S/C18H24ClN5O.HI/c1-3-20-18(24-10-8-13(2)9-11-24)21-12-16-22-17(23-25-16)14-4-6-15(19)7-5-14;/h4-7,13H,3,8-12H2,1-2H3,(H,20,21);1H. The van der Waals surface area contributed by atoms with E-state index in [2.05, 4.69) is 39.2 Å². The monoisotopic (exact) mass is 489 g/mol. The number of guanidine groups is 1. The van der Waals surface area contributed by atoms with Crippen LogP contribution in [0.5, 0.6) is 0 Å². The van der Waals surface area contributed by atoms with Gasteiger partial charge < -0.3 is 14.7 Å². The highest BCUT2D eigenvalue weighted by Crippen LogP contribution is 2.19. The number of hydrogen-bond donors (Lipinski definition) is 1. The lowest BCUT2D eigenvalue weighted by Crippen LogP contribution is -2.45. The first-order valence-corrected chi connectivity index (χ1v) is 9.15. The Hall–Kier alpha value is -1.35. The molecular weight excluding hydrogens is 465 g/mol. The van der Waals surface area contributed by atoms with Crippen molar-refractivity contribution in [2.75, 3.05) is 19.6 Å². The quantitative estimate of drug-likeness (QED) is 0.396. The van der Waals surface area contributed by atoms with Gasteiger partial charge >= 0.3 is 0 Å². The molecular formula is C18H25ClIN5O. The number of nitrogens with one attached hydrogen (secondary N) is 1. The van der Waals surface area contributed by atoms with Crippen molar-refractivity contribution in [1.29, 1.82) is 0 Å². The molecule has 0 saturated carbocycles. The van der Waals surface area contributed by atoms with Crippen LogP contribution in [0.1, 0.15) is 32.6 Å². The molecule has 0 aliphatic carbocycles. The summed E-state index contributed by atoms with van der Waals surface area (Å²) in [6, 6.07) is 7.37. The molecule has 2 aromatic rings. The van der Waals surface area contributed by atoms with E-state index in [0.29, 0.717) is 23.3 Å². The van der Waals surface area contributed by atoms with Crippen molar-refractivity contribution in [3.8, 4) is 11.4 Å². The predicted octanol–water partition coefficient (Wildman–Crippen LogP) is 4.21. The van der Waals surface area contributed by atoms with Crippen LogP contribution in [-0.4, -0.2) is 40.6 Å². The summed E-state index contributed by atoms with van der Waals surface area (Å²) in [5.41, 5.74) is 0.875. The molecule has 0 bridgehead atoms. The van der Waals surface area contributed by atoms with E-state index >= 15 is 0 Å². The summed E-state index contributed by atoms with van der Waals surface area (Å²) >= 11 is 5.91. The summed E-state index contributed by atoms with van der Waals surface area (Å²) in [6.45, 7) is 7.66. The molecule has 0 radical (unpaired) electrons. The Morgan fingerprint density at radius 2 is 2.00 bits per heavy atom. The minimum Gasteiger partial charge on any atom is -0.357 e. The van der Waals surface area contributed by atoms with Crippen LogP contribution < -0.4 is 5.32 Å². The minimum atomic E-state index is 0. The van der Waals surface area contributed by atoms with Crippen molar-refractivity contribution in [2.24, 2.45) is 10.9 Å². The number of aliphatic imine (C=N–C) groups is 1. The fourth-order valence-electron chi connectivity index (χ4n) is 2.82. The van der Waals surface area contributed by atoms with Gasteiger partial charge in [-0.25, -0.2) is 4.99 Å². The topological polar surface area (TPSA) is 66.5 Å². The molecule has 6 nitrogen and oxygen atoms in total. The number of benzene rings is 1. The minimum absolute atomic E-state index is 0. The van der Waals surface area contributed by atoms with Crippen LogP contribution in [0.25, 0.3) is 11.4 Å². The van der Waals surface area contributed by atoms with E-state index in [1.807, 2.05) is 24.3 Å². The van der Waals surface area contributed by atoms with Crippen LogP contribution >= 0.6 is 35.6 Å². The Bertz CT molecular complexity index is 711. The first kappa shape index (κ1) is 21.0. The van der Waals surface area contributed by atoms with Gasteiger partial charge in [0, 0.05) is 30.2 Å². The molecule has 8 heteroatoms. The molecule has 142 valence electrons. The molecule has 1 N–H and O–H groups in total. The number of nitrogens with zero attached hydrogens (tertiary/aromatic N) is 4. The van der Waals surface area contributed by atoms with Crippen molar-refractivity contribution in [3.05, 3.63) is 35.2 Å². The molecule has 1 aromatic heterocycles. The van der Waals surface area contributed by atoms with Gasteiger partial charge in [-0.1, -0.05) is 23.7 Å². The fourth-order valence-corrected chi connectivity index (χ4v) is 2.95. The fraction of sp³-hybridized carbons (Fsp3) is 0.500. The summed E-state index contributed by atoms with van der Waals surface area (Å²) in [5, 5.41) is 8.07. The normalized spacial score (nSPS) is 15.7. The maximum atomic E-state index is 5.91. The molecule has 0 atom stereocenters. The molecule has 1 aliphatic rings. The highest BCUT2D eigenvalue weighted by molar-refractivity contribution is 14.0. The lowest BCUT2D eigenvalue weighted by Gasteiger charge is -2.32. The lowest BCUT2D eigenvalue weighted by molar-refractivity contribution is 0.273. The highest BCUT2D eigenvalue weighted by Gasteiger charge is 2.18. The van der Waals surface area contributed by atoms with Crippen LogP contribution in [-0.2, 0) is 6.54 Å². The van der Waals surface area contributed by atoms with E-state index < -0.39 is 0 Å². The van der Waals surface area contributed by atoms with Gasteiger partial charge in [0.25, 0.3) is 0 Å². The number of likely N-dealkylation sites (tertiary alicyclic amines) is 1. The second-order valence-corrected chi connectivity index (χ2v) is 6.79. The first-order chi connectivity index (χ1) is 12.2. The average molecular weight is 490 g/mol. The molecule has 1 saturated heterocycles. The van der Waals surface area contributed by atoms with Crippen LogP contribution in [0.3, 0.4) is 0 Å². The van der Waals surface area contributed by atoms with Gasteiger partial charge in [0.1, 0.15) is 6.54 Å². The largest absolute Gasteiger partial charge is 0.357 e.